The van der Waals surface area contributed by atoms with Crippen molar-refractivity contribution < 1.29 is 23.8 Å². The molecule has 7 nitrogen and oxygen atoms in total. The summed E-state index contributed by atoms with van der Waals surface area (Å²) in [7, 11) is 1.61. The van der Waals surface area contributed by atoms with Gasteiger partial charge < -0.3 is 20.5 Å². The van der Waals surface area contributed by atoms with Crippen molar-refractivity contribution in [2.75, 3.05) is 20.2 Å². The van der Waals surface area contributed by atoms with Gasteiger partial charge in [-0.05, 0) is 18.2 Å². The van der Waals surface area contributed by atoms with Crippen LogP contribution in [-0.2, 0) is 4.79 Å². The minimum absolute atomic E-state index is 0.0193. The molecule has 144 valence electrons. The molecule has 0 bridgehead atoms. The van der Waals surface area contributed by atoms with E-state index in [1.54, 1.807) is 25.2 Å². The summed E-state index contributed by atoms with van der Waals surface area (Å²) in [6, 6.07) is 4.91. The van der Waals surface area contributed by atoms with Gasteiger partial charge in [-0.1, -0.05) is 11.8 Å². The number of nitrogens with zero attached hydrogens (tertiary/aromatic N) is 2. The van der Waals surface area contributed by atoms with Crippen molar-refractivity contribution in [1.29, 1.82) is 0 Å². The number of aliphatic hydroxyl groups is 1. The van der Waals surface area contributed by atoms with Gasteiger partial charge in [-0.15, -0.1) is 11.3 Å². The molecule has 1 aromatic heterocycles. The Morgan fingerprint density at radius 3 is 3.00 bits per heavy atom. The fourth-order valence-electron chi connectivity index (χ4n) is 3.15. The van der Waals surface area contributed by atoms with Gasteiger partial charge in [0, 0.05) is 31.1 Å². The summed E-state index contributed by atoms with van der Waals surface area (Å²) in [6.45, 7) is 0.226. The van der Waals surface area contributed by atoms with Crippen LogP contribution in [0.15, 0.2) is 18.2 Å². The van der Waals surface area contributed by atoms with E-state index < -0.39 is 23.6 Å². The first-order chi connectivity index (χ1) is 13.3. The highest BCUT2D eigenvalue weighted by molar-refractivity contribution is 7.14. The maximum Gasteiger partial charge on any atom is 0.277 e. The molecule has 2 amide bonds. The molecule has 2 aliphatic heterocycles. The summed E-state index contributed by atoms with van der Waals surface area (Å²) in [5.41, 5.74) is 4.83. The highest BCUT2D eigenvalue weighted by atomic mass is 32.1. The first kappa shape index (κ1) is 18.4. The number of primary amides is 1. The van der Waals surface area contributed by atoms with Crippen LogP contribution >= 0.6 is 11.3 Å². The molecule has 1 saturated heterocycles. The van der Waals surface area contributed by atoms with E-state index in [0.29, 0.717) is 23.4 Å². The molecule has 0 aliphatic carbocycles. The SMILES string of the molecule is CN1CC[C@@](O)(C#Cc2ccc3c(c2)-c2nc(C(N)=O)sc2[C@@H](F)CO3)C1=O. The van der Waals surface area contributed by atoms with E-state index in [1.807, 2.05) is 0 Å². The molecule has 0 unspecified atom stereocenters. The minimum atomic E-state index is -1.72. The number of carbonyl (C=O) groups is 2. The van der Waals surface area contributed by atoms with E-state index in [1.165, 1.54) is 4.90 Å². The average Bonchev–Trinajstić information content (AvgIpc) is 3.20. The second-order valence-electron chi connectivity index (χ2n) is 6.67. The molecule has 1 fully saturated rings. The van der Waals surface area contributed by atoms with Crippen LogP contribution in [-0.4, -0.2) is 52.6 Å². The van der Waals surface area contributed by atoms with Crippen LogP contribution in [0.25, 0.3) is 11.3 Å². The molecule has 28 heavy (non-hydrogen) atoms. The van der Waals surface area contributed by atoms with Crippen LogP contribution < -0.4 is 10.5 Å². The number of rotatable bonds is 1. The third kappa shape index (κ3) is 3.00. The summed E-state index contributed by atoms with van der Waals surface area (Å²) in [5, 5.41) is 10.5. The number of carbonyl (C=O) groups excluding carboxylic acids is 2. The third-order valence-corrected chi connectivity index (χ3v) is 5.85. The van der Waals surface area contributed by atoms with Crippen molar-refractivity contribution in [3.63, 3.8) is 0 Å². The van der Waals surface area contributed by atoms with Gasteiger partial charge in [0.05, 0.1) is 10.6 Å². The third-order valence-electron chi connectivity index (χ3n) is 4.69. The van der Waals surface area contributed by atoms with Gasteiger partial charge >= 0.3 is 0 Å². The number of hydrogen-bond acceptors (Lipinski definition) is 6. The summed E-state index contributed by atoms with van der Waals surface area (Å²) in [6.07, 6.45) is -1.21. The summed E-state index contributed by atoms with van der Waals surface area (Å²) >= 11 is 0.901. The number of thiazole rings is 1. The number of halogens is 1. The standard InChI is InChI=1S/C19H16FN3O4S/c1-23-7-6-19(26,18(23)25)5-4-10-2-3-13-11(8-10)14-15(12(20)9-27-13)28-17(22-14)16(21)24/h2-3,8,12,26H,6-7,9H2,1H3,(H2,21,24)/t12-,19-/m0/s1. The Morgan fingerprint density at radius 1 is 1.54 bits per heavy atom. The molecule has 9 heteroatoms. The van der Waals surface area contributed by atoms with Crippen LogP contribution in [0.2, 0.25) is 0 Å². The predicted molar refractivity (Wildman–Crippen MR) is 99.5 cm³/mol. The number of hydrogen-bond donors (Lipinski definition) is 2. The second-order valence-corrected chi connectivity index (χ2v) is 7.70. The number of aromatic nitrogens is 1. The number of ether oxygens (including phenoxy) is 1. The molecule has 2 aromatic rings. The molecule has 2 aliphatic rings. The molecule has 0 saturated carbocycles. The number of amides is 2. The molecule has 4 rings (SSSR count). The van der Waals surface area contributed by atoms with Crippen molar-refractivity contribution >= 4 is 23.2 Å². The number of benzene rings is 1. The van der Waals surface area contributed by atoms with E-state index in [-0.39, 0.29) is 28.6 Å². The zero-order valence-corrected chi connectivity index (χ0v) is 15.7. The Labute approximate surface area is 163 Å². The van der Waals surface area contributed by atoms with Crippen molar-refractivity contribution in [2.45, 2.75) is 18.2 Å². The summed E-state index contributed by atoms with van der Waals surface area (Å²) in [4.78, 5) is 29.4. The molecule has 0 spiro atoms. The highest BCUT2D eigenvalue weighted by Crippen LogP contribution is 2.42. The van der Waals surface area contributed by atoms with E-state index in [0.717, 1.165) is 11.3 Å². The van der Waals surface area contributed by atoms with Gasteiger partial charge in [0.2, 0.25) is 5.60 Å². The van der Waals surface area contributed by atoms with E-state index in [9.17, 15) is 19.1 Å². The molecule has 3 N–H and O–H groups in total. The largest absolute Gasteiger partial charge is 0.489 e. The Bertz CT molecular complexity index is 1060. The zero-order valence-electron chi connectivity index (χ0n) is 14.9. The minimum Gasteiger partial charge on any atom is -0.489 e. The lowest BCUT2D eigenvalue weighted by Crippen LogP contribution is -2.37. The Hall–Kier alpha value is -2.96. The van der Waals surface area contributed by atoms with Gasteiger partial charge in [0.25, 0.3) is 11.8 Å². The van der Waals surface area contributed by atoms with Gasteiger partial charge in [-0.25, -0.2) is 9.37 Å². The van der Waals surface area contributed by atoms with Crippen LogP contribution in [0, 0.1) is 11.8 Å². The smallest absolute Gasteiger partial charge is 0.277 e. The van der Waals surface area contributed by atoms with Crippen molar-refractivity contribution in [3.05, 3.63) is 33.6 Å². The Balaban J connectivity index is 1.76. The molecular weight excluding hydrogens is 385 g/mol. The summed E-state index contributed by atoms with van der Waals surface area (Å²) < 4.78 is 20.0. The number of likely N-dealkylation sites (N-methyl/N-ethyl adjacent to an activating group) is 1. The fraction of sp³-hybridized carbons (Fsp3) is 0.316. The number of likely N-dealkylation sites (tertiary alicyclic amines) is 1. The maximum absolute atomic E-state index is 14.5. The number of fused-ring (bicyclic) bond motifs is 3. The molecule has 3 heterocycles. The van der Waals surface area contributed by atoms with Crippen molar-refractivity contribution in [3.8, 4) is 28.8 Å². The van der Waals surface area contributed by atoms with Crippen LogP contribution in [0.3, 0.4) is 0 Å². The molecule has 1 aromatic carbocycles. The van der Waals surface area contributed by atoms with Crippen molar-refractivity contribution in [2.24, 2.45) is 5.73 Å². The molecule has 2 atom stereocenters. The van der Waals surface area contributed by atoms with Crippen LogP contribution in [0.1, 0.15) is 32.8 Å². The topological polar surface area (TPSA) is 106 Å². The van der Waals surface area contributed by atoms with E-state index in [4.69, 9.17) is 10.5 Å². The lowest BCUT2D eigenvalue weighted by molar-refractivity contribution is -0.137. The Kier molecular flexibility index (Phi) is 4.33. The average molecular weight is 401 g/mol. The molecular formula is C19H16FN3O4S. The molecule has 0 radical (unpaired) electrons. The van der Waals surface area contributed by atoms with Gasteiger partial charge in [0.1, 0.15) is 12.4 Å². The lowest BCUT2D eigenvalue weighted by atomic mass is 10.0. The van der Waals surface area contributed by atoms with Gasteiger partial charge in [-0.3, -0.25) is 9.59 Å². The quantitative estimate of drug-likeness (QED) is 0.700. The van der Waals surface area contributed by atoms with E-state index in [2.05, 4.69) is 16.8 Å². The number of nitrogens with two attached hydrogens (primary N) is 1. The fourth-order valence-corrected chi connectivity index (χ4v) is 4.04. The monoisotopic (exact) mass is 401 g/mol. The first-order valence-electron chi connectivity index (χ1n) is 8.51. The van der Waals surface area contributed by atoms with Crippen LogP contribution in [0.5, 0.6) is 5.75 Å². The first-order valence-corrected chi connectivity index (χ1v) is 9.33. The predicted octanol–water partition coefficient (Wildman–Crippen LogP) is 1.26. The number of alkyl halides is 1. The van der Waals surface area contributed by atoms with Gasteiger partial charge in [-0.2, -0.15) is 0 Å². The summed E-state index contributed by atoms with van der Waals surface area (Å²) in [5.74, 6) is 4.69. The highest BCUT2D eigenvalue weighted by Gasteiger charge is 2.42. The van der Waals surface area contributed by atoms with Crippen LogP contribution in [0.4, 0.5) is 4.39 Å². The lowest BCUT2D eigenvalue weighted by Gasteiger charge is -2.13. The van der Waals surface area contributed by atoms with Crippen molar-refractivity contribution in [1.82, 2.24) is 9.88 Å². The second kappa shape index (κ2) is 6.58. The zero-order chi connectivity index (χ0) is 20.1. The Morgan fingerprint density at radius 2 is 2.32 bits per heavy atom. The van der Waals surface area contributed by atoms with Gasteiger partial charge in [0.15, 0.2) is 11.2 Å². The normalized spacial score (nSPS) is 23.2. The maximum atomic E-state index is 14.5. The van der Waals surface area contributed by atoms with E-state index >= 15 is 0 Å².